The van der Waals surface area contributed by atoms with E-state index in [2.05, 4.69) is 0 Å². The molecule has 0 saturated carbocycles. The molecule has 15 heavy (non-hydrogen) atoms. The molecule has 1 unspecified atom stereocenters. The Morgan fingerprint density at radius 1 is 1.53 bits per heavy atom. The zero-order valence-corrected chi connectivity index (χ0v) is 9.74. The van der Waals surface area contributed by atoms with Crippen LogP contribution < -0.4 is 5.73 Å². The van der Waals surface area contributed by atoms with Crippen LogP contribution >= 0.6 is 0 Å². The largest absolute Gasteiger partial charge is 0.381 e. The Morgan fingerprint density at radius 3 is 2.67 bits per heavy atom. The second-order valence-electron chi connectivity index (χ2n) is 4.19. The first-order chi connectivity index (χ1) is 7.16. The SMILES string of the molecule is CCCC(N)C(=O)N(C)C1CCOCC1. The number of hydrogen-bond donors (Lipinski definition) is 1. The quantitative estimate of drug-likeness (QED) is 0.751. The fourth-order valence-electron chi connectivity index (χ4n) is 1.95. The van der Waals surface area contributed by atoms with Crippen molar-refractivity contribution in [2.24, 2.45) is 5.73 Å². The molecule has 0 aromatic carbocycles. The lowest BCUT2D eigenvalue weighted by Crippen LogP contribution is -2.48. The minimum absolute atomic E-state index is 0.0729. The smallest absolute Gasteiger partial charge is 0.239 e. The van der Waals surface area contributed by atoms with Gasteiger partial charge in [0.2, 0.25) is 5.91 Å². The van der Waals surface area contributed by atoms with Gasteiger partial charge in [0.1, 0.15) is 0 Å². The average molecular weight is 214 g/mol. The number of likely N-dealkylation sites (N-methyl/N-ethyl adjacent to an activating group) is 1. The van der Waals surface area contributed by atoms with Gasteiger partial charge in [-0.25, -0.2) is 0 Å². The van der Waals surface area contributed by atoms with Crippen molar-refractivity contribution in [1.29, 1.82) is 0 Å². The molecule has 1 amide bonds. The Morgan fingerprint density at radius 2 is 2.13 bits per heavy atom. The summed E-state index contributed by atoms with van der Waals surface area (Å²) in [6.07, 6.45) is 3.59. The van der Waals surface area contributed by atoms with E-state index in [1.807, 2.05) is 18.9 Å². The maximum Gasteiger partial charge on any atom is 0.239 e. The first-order valence-electron chi connectivity index (χ1n) is 5.76. The van der Waals surface area contributed by atoms with Crippen LogP contribution in [0.4, 0.5) is 0 Å². The van der Waals surface area contributed by atoms with Crippen molar-refractivity contribution in [3.8, 4) is 0 Å². The first-order valence-corrected chi connectivity index (χ1v) is 5.76. The van der Waals surface area contributed by atoms with Crippen molar-refractivity contribution in [3.63, 3.8) is 0 Å². The predicted molar refractivity (Wildman–Crippen MR) is 59.5 cm³/mol. The molecule has 1 rings (SSSR count). The molecule has 1 saturated heterocycles. The number of rotatable bonds is 4. The van der Waals surface area contributed by atoms with E-state index in [4.69, 9.17) is 10.5 Å². The van der Waals surface area contributed by atoms with E-state index >= 15 is 0 Å². The van der Waals surface area contributed by atoms with Gasteiger partial charge in [0, 0.05) is 26.3 Å². The maximum atomic E-state index is 11.9. The van der Waals surface area contributed by atoms with Crippen LogP contribution in [0.3, 0.4) is 0 Å². The van der Waals surface area contributed by atoms with Gasteiger partial charge in [-0.05, 0) is 19.3 Å². The highest BCUT2D eigenvalue weighted by Gasteiger charge is 2.25. The Kier molecular flexibility index (Phi) is 5.05. The van der Waals surface area contributed by atoms with Crippen molar-refractivity contribution in [2.45, 2.75) is 44.7 Å². The minimum atomic E-state index is -0.331. The number of carbonyl (C=O) groups excluding carboxylic acids is 1. The molecule has 0 bridgehead atoms. The summed E-state index contributed by atoms with van der Waals surface area (Å²) in [4.78, 5) is 13.7. The van der Waals surface area contributed by atoms with Crippen LogP contribution in [0.1, 0.15) is 32.6 Å². The Hall–Kier alpha value is -0.610. The summed E-state index contributed by atoms with van der Waals surface area (Å²) < 4.78 is 5.27. The highest BCUT2D eigenvalue weighted by Crippen LogP contribution is 2.14. The van der Waals surface area contributed by atoms with Gasteiger partial charge in [0.25, 0.3) is 0 Å². The second kappa shape index (κ2) is 6.08. The average Bonchev–Trinajstić information content (AvgIpc) is 2.28. The van der Waals surface area contributed by atoms with Crippen molar-refractivity contribution >= 4 is 5.91 Å². The highest BCUT2D eigenvalue weighted by molar-refractivity contribution is 5.81. The molecule has 0 spiro atoms. The molecule has 0 aliphatic carbocycles. The molecule has 1 atom stereocenters. The van der Waals surface area contributed by atoms with Crippen LogP contribution in [0.25, 0.3) is 0 Å². The van der Waals surface area contributed by atoms with Crippen LogP contribution in [0, 0.1) is 0 Å². The normalized spacial score (nSPS) is 19.9. The Bertz CT molecular complexity index is 203. The lowest BCUT2D eigenvalue weighted by molar-refractivity contribution is -0.135. The van der Waals surface area contributed by atoms with Gasteiger partial charge in [0.15, 0.2) is 0 Å². The molecular weight excluding hydrogens is 192 g/mol. The van der Waals surface area contributed by atoms with E-state index in [-0.39, 0.29) is 11.9 Å². The van der Waals surface area contributed by atoms with Crippen molar-refractivity contribution in [3.05, 3.63) is 0 Å². The van der Waals surface area contributed by atoms with E-state index in [9.17, 15) is 4.79 Å². The third kappa shape index (κ3) is 3.47. The molecule has 1 fully saturated rings. The fourth-order valence-corrected chi connectivity index (χ4v) is 1.95. The summed E-state index contributed by atoms with van der Waals surface area (Å²) in [5, 5.41) is 0. The summed E-state index contributed by atoms with van der Waals surface area (Å²) >= 11 is 0. The van der Waals surface area contributed by atoms with E-state index < -0.39 is 0 Å². The fraction of sp³-hybridized carbons (Fsp3) is 0.909. The zero-order chi connectivity index (χ0) is 11.3. The predicted octanol–water partition coefficient (Wildman–Crippen LogP) is 0.751. The van der Waals surface area contributed by atoms with Crippen molar-refractivity contribution < 1.29 is 9.53 Å². The minimum Gasteiger partial charge on any atom is -0.381 e. The third-order valence-corrected chi connectivity index (χ3v) is 3.00. The third-order valence-electron chi connectivity index (χ3n) is 3.00. The maximum absolute atomic E-state index is 11.9. The van der Waals surface area contributed by atoms with Gasteiger partial charge in [-0.15, -0.1) is 0 Å². The second-order valence-corrected chi connectivity index (χ2v) is 4.19. The van der Waals surface area contributed by atoms with Gasteiger partial charge in [0.05, 0.1) is 6.04 Å². The first kappa shape index (κ1) is 12.5. The molecule has 88 valence electrons. The number of nitrogens with zero attached hydrogens (tertiary/aromatic N) is 1. The van der Waals surface area contributed by atoms with Gasteiger partial charge < -0.3 is 15.4 Å². The highest BCUT2D eigenvalue weighted by atomic mass is 16.5. The number of amides is 1. The monoisotopic (exact) mass is 214 g/mol. The summed E-state index contributed by atoms with van der Waals surface area (Å²) in [7, 11) is 1.86. The van der Waals surface area contributed by atoms with E-state index in [0.29, 0.717) is 6.04 Å². The lowest BCUT2D eigenvalue weighted by atomic mass is 10.1. The Balaban J connectivity index is 2.43. The van der Waals surface area contributed by atoms with Gasteiger partial charge in [-0.2, -0.15) is 0 Å². The Labute approximate surface area is 91.8 Å². The van der Waals surface area contributed by atoms with Crippen molar-refractivity contribution in [1.82, 2.24) is 4.90 Å². The molecule has 1 aliphatic heterocycles. The molecule has 4 heteroatoms. The molecular formula is C11H22N2O2. The summed E-state index contributed by atoms with van der Waals surface area (Å²) in [5.74, 6) is 0.0729. The van der Waals surface area contributed by atoms with Gasteiger partial charge >= 0.3 is 0 Å². The molecule has 0 aromatic rings. The number of hydrogen-bond acceptors (Lipinski definition) is 3. The van der Waals surface area contributed by atoms with Crippen LogP contribution in [0.5, 0.6) is 0 Å². The standard InChI is InChI=1S/C11H22N2O2/c1-3-4-10(12)11(14)13(2)9-5-7-15-8-6-9/h9-10H,3-8,12H2,1-2H3. The summed E-state index contributed by atoms with van der Waals surface area (Å²) in [5.41, 5.74) is 5.81. The molecule has 0 radical (unpaired) electrons. The van der Waals surface area contributed by atoms with Gasteiger partial charge in [-0.3, -0.25) is 4.79 Å². The summed E-state index contributed by atoms with van der Waals surface area (Å²) in [6, 6.07) is -0.0167. The van der Waals surface area contributed by atoms with Crippen molar-refractivity contribution in [2.75, 3.05) is 20.3 Å². The van der Waals surface area contributed by atoms with E-state index in [1.54, 1.807) is 0 Å². The van der Waals surface area contributed by atoms with Gasteiger partial charge in [-0.1, -0.05) is 13.3 Å². The zero-order valence-electron chi connectivity index (χ0n) is 9.74. The topological polar surface area (TPSA) is 55.6 Å². The number of ether oxygens (including phenoxy) is 1. The molecule has 1 aliphatic rings. The summed E-state index contributed by atoms with van der Waals surface area (Å²) in [6.45, 7) is 3.55. The molecule has 4 nitrogen and oxygen atoms in total. The van der Waals surface area contributed by atoms with Crippen LogP contribution in [0.2, 0.25) is 0 Å². The van der Waals surface area contributed by atoms with E-state index in [1.165, 1.54) is 0 Å². The molecule has 0 aromatic heterocycles. The van der Waals surface area contributed by atoms with Crippen LogP contribution in [-0.4, -0.2) is 43.2 Å². The molecule has 1 heterocycles. The molecule has 2 N–H and O–H groups in total. The number of carbonyl (C=O) groups is 1. The lowest BCUT2D eigenvalue weighted by Gasteiger charge is -2.32. The van der Waals surface area contributed by atoms with Crippen LogP contribution in [0.15, 0.2) is 0 Å². The van der Waals surface area contributed by atoms with E-state index in [0.717, 1.165) is 38.9 Å². The number of nitrogens with two attached hydrogens (primary N) is 1. The van der Waals surface area contributed by atoms with Crippen LogP contribution in [-0.2, 0) is 9.53 Å².